The van der Waals surface area contributed by atoms with Crippen molar-refractivity contribution in [2.45, 2.75) is 20.0 Å². The fourth-order valence-electron chi connectivity index (χ4n) is 1.35. The van der Waals surface area contributed by atoms with Crippen molar-refractivity contribution in [1.82, 2.24) is 20.1 Å². The predicted molar refractivity (Wildman–Crippen MR) is 59.7 cm³/mol. The van der Waals surface area contributed by atoms with E-state index in [1.807, 2.05) is 19.1 Å². The molecule has 0 aliphatic rings. The molecule has 0 atom stereocenters. The number of carbonyl (C=O) groups excluding carboxylic acids is 1. The van der Waals surface area contributed by atoms with E-state index < -0.39 is 0 Å². The van der Waals surface area contributed by atoms with E-state index in [1.165, 1.54) is 11.0 Å². The van der Waals surface area contributed by atoms with E-state index in [-0.39, 0.29) is 18.4 Å². The molecule has 0 aliphatic heterocycles. The van der Waals surface area contributed by atoms with E-state index in [9.17, 15) is 4.79 Å². The number of nitrogens with zero attached hydrogens (tertiary/aromatic N) is 3. The summed E-state index contributed by atoms with van der Waals surface area (Å²) >= 11 is 0. The summed E-state index contributed by atoms with van der Waals surface area (Å²) in [6.45, 7) is 2.30. The first kappa shape index (κ1) is 11.2. The Morgan fingerprint density at radius 1 is 1.59 bits per heavy atom. The second kappa shape index (κ2) is 4.69. The molecule has 0 aromatic carbocycles. The van der Waals surface area contributed by atoms with Gasteiger partial charge in [-0.25, -0.2) is 9.67 Å². The van der Waals surface area contributed by atoms with E-state index in [0.29, 0.717) is 12.3 Å². The second-order valence-corrected chi connectivity index (χ2v) is 3.59. The Bertz CT molecular complexity index is 516. The molecule has 0 saturated heterocycles. The molecule has 0 spiro atoms. The number of hydrogen-bond acceptors (Lipinski definition) is 5. The summed E-state index contributed by atoms with van der Waals surface area (Å²) in [6.07, 6.45) is 1.41. The fourth-order valence-corrected chi connectivity index (χ4v) is 1.35. The van der Waals surface area contributed by atoms with Crippen LogP contribution < -0.4 is 11.1 Å². The van der Waals surface area contributed by atoms with Gasteiger partial charge in [-0.05, 0) is 19.1 Å². The second-order valence-electron chi connectivity index (χ2n) is 3.59. The summed E-state index contributed by atoms with van der Waals surface area (Å²) in [4.78, 5) is 15.2. The number of nitrogens with one attached hydrogen (secondary N) is 1. The van der Waals surface area contributed by atoms with Crippen LogP contribution in [0, 0.1) is 6.92 Å². The minimum absolute atomic E-state index is 0.0872. The molecule has 90 valence electrons. The molecule has 0 unspecified atom stereocenters. The van der Waals surface area contributed by atoms with Gasteiger partial charge in [-0.3, -0.25) is 4.79 Å². The molecular weight excluding hydrogens is 222 g/mol. The molecule has 7 heteroatoms. The Balaban J connectivity index is 1.82. The predicted octanol–water partition coefficient (Wildman–Crippen LogP) is 0.0781. The van der Waals surface area contributed by atoms with Crippen LogP contribution in [0.4, 0.5) is 5.95 Å². The number of furan rings is 1. The lowest BCUT2D eigenvalue weighted by Crippen LogP contribution is -2.27. The van der Waals surface area contributed by atoms with Gasteiger partial charge >= 0.3 is 0 Å². The molecule has 0 bridgehead atoms. The van der Waals surface area contributed by atoms with Gasteiger partial charge < -0.3 is 15.5 Å². The van der Waals surface area contributed by atoms with Crippen molar-refractivity contribution < 1.29 is 9.21 Å². The maximum Gasteiger partial charge on any atom is 0.242 e. The molecule has 0 radical (unpaired) electrons. The van der Waals surface area contributed by atoms with Crippen LogP contribution in [0.1, 0.15) is 11.5 Å². The van der Waals surface area contributed by atoms with Crippen molar-refractivity contribution >= 4 is 11.9 Å². The first-order valence-electron chi connectivity index (χ1n) is 5.10. The van der Waals surface area contributed by atoms with Crippen molar-refractivity contribution in [3.63, 3.8) is 0 Å². The fraction of sp³-hybridized carbons (Fsp3) is 0.300. The van der Waals surface area contributed by atoms with Crippen molar-refractivity contribution in [3.05, 3.63) is 30.0 Å². The van der Waals surface area contributed by atoms with Crippen LogP contribution in [0.3, 0.4) is 0 Å². The topological polar surface area (TPSA) is 99.0 Å². The van der Waals surface area contributed by atoms with E-state index >= 15 is 0 Å². The van der Waals surface area contributed by atoms with Crippen LogP contribution in [0.5, 0.6) is 0 Å². The largest absolute Gasteiger partial charge is 0.465 e. The third-order valence-electron chi connectivity index (χ3n) is 2.12. The molecule has 0 fully saturated rings. The van der Waals surface area contributed by atoms with Gasteiger partial charge in [-0.1, -0.05) is 0 Å². The lowest BCUT2D eigenvalue weighted by atomic mass is 10.4. The normalized spacial score (nSPS) is 10.4. The van der Waals surface area contributed by atoms with Gasteiger partial charge in [-0.15, -0.1) is 5.10 Å². The number of carbonyl (C=O) groups is 1. The average molecular weight is 235 g/mol. The summed E-state index contributed by atoms with van der Waals surface area (Å²) < 4.78 is 6.69. The highest BCUT2D eigenvalue weighted by Crippen LogP contribution is 2.05. The summed E-state index contributed by atoms with van der Waals surface area (Å²) in [6, 6.07) is 3.67. The lowest BCUT2D eigenvalue weighted by molar-refractivity contribution is -0.122. The highest BCUT2D eigenvalue weighted by atomic mass is 16.3. The maximum atomic E-state index is 11.5. The van der Waals surface area contributed by atoms with Crippen LogP contribution in [-0.2, 0) is 17.9 Å². The van der Waals surface area contributed by atoms with Crippen molar-refractivity contribution in [2.75, 3.05) is 5.73 Å². The minimum Gasteiger partial charge on any atom is -0.465 e. The quantitative estimate of drug-likeness (QED) is 0.781. The third kappa shape index (κ3) is 3.07. The van der Waals surface area contributed by atoms with Crippen molar-refractivity contribution in [1.29, 1.82) is 0 Å². The van der Waals surface area contributed by atoms with Gasteiger partial charge in [0.25, 0.3) is 0 Å². The van der Waals surface area contributed by atoms with Crippen LogP contribution >= 0.6 is 0 Å². The highest BCUT2D eigenvalue weighted by molar-refractivity contribution is 5.75. The molecule has 2 rings (SSSR count). The summed E-state index contributed by atoms with van der Waals surface area (Å²) in [5.41, 5.74) is 5.33. The number of aryl methyl sites for hydroxylation is 1. The maximum absolute atomic E-state index is 11.5. The Morgan fingerprint density at radius 3 is 3.00 bits per heavy atom. The summed E-state index contributed by atoms with van der Waals surface area (Å²) in [5, 5.41) is 6.52. The number of hydrogen-bond donors (Lipinski definition) is 2. The van der Waals surface area contributed by atoms with E-state index in [0.717, 1.165) is 5.76 Å². The lowest BCUT2D eigenvalue weighted by Gasteiger charge is -2.02. The molecular formula is C10H13N5O2. The number of amides is 1. The van der Waals surface area contributed by atoms with Crippen molar-refractivity contribution in [3.8, 4) is 0 Å². The summed E-state index contributed by atoms with van der Waals surface area (Å²) in [7, 11) is 0. The zero-order valence-corrected chi connectivity index (χ0v) is 9.38. The zero-order chi connectivity index (χ0) is 12.3. The SMILES string of the molecule is Cc1ccc(CNC(=O)Cn2cnc(N)n2)o1. The molecule has 0 saturated carbocycles. The molecule has 2 heterocycles. The van der Waals surface area contributed by atoms with Gasteiger partial charge in [0.1, 0.15) is 24.4 Å². The minimum atomic E-state index is -0.177. The van der Waals surface area contributed by atoms with Gasteiger partial charge in [0.05, 0.1) is 6.54 Å². The van der Waals surface area contributed by atoms with Gasteiger partial charge in [0, 0.05) is 0 Å². The molecule has 1 amide bonds. The number of aromatic nitrogens is 3. The van der Waals surface area contributed by atoms with Gasteiger partial charge in [0.2, 0.25) is 11.9 Å². The molecule has 17 heavy (non-hydrogen) atoms. The Hall–Kier alpha value is -2.31. The zero-order valence-electron chi connectivity index (χ0n) is 9.38. The first-order valence-corrected chi connectivity index (χ1v) is 5.10. The standard InChI is InChI=1S/C10H13N5O2/c1-7-2-3-8(17-7)4-12-9(16)5-15-6-13-10(11)14-15/h2-3,6H,4-5H2,1H3,(H2,11,14)(H,12,16). The Morgan fingerprint density at radius 2 is 2.41 bits per heavy atom. The van der Waals surface area contributed by atoms with Crippen LogP contribution in [0.25, 0.3) is 0 Å². The Labute approximate surface area is 97.6 Å². The number of nitrogen functional groups attached to an aromatic ring is 1. The van der Waals surface area contributed by atoms with E-state index in [4.69, 9.17) is 10.2 Å². The van der Waals surface area contributed by atoms with Crippen LogP contribution in [0.15, 0.2) is 22.9 Å². The highest BCUT2D eigenvalue weighted by Gasteiger charge is 2.05. The molecule has 2 aromatic heterocycles. The van der Waals surface area contributed by atoms with Crippen LogP contribution in [0.2, 0.25) is 0 Å². The van der Waals surface area contributed by atoms with E-state index in [2.05, 4.69) is 15.4 Å². The van der Waals surface area contributed by atoms with Gasteiger partial charge in [-0.2, -0.15) is 0 Å². The Kier molecular flexibility index (Phi) is 3.08. The van der Waals surface area contributed by atoms with Crippen LogP contribution in [-0.4, -0.2) is 20.7 Å². The third-order valence-corrected chi connectivity index (χ3v) is 2.12. The van der Waals surface area contributed by atoms with E-state index in [1.54, 1.807) is 0 Å². The first-order chi connectivity index (χ1) is 8.13. The summed E-state index contributed by atoms with van der Waals surface area (Å²) in [5.74, 6) is 1.51. The van der Waals surface area contributed by atoms with Crippen molar-refractivity contribution in [2.24, 2.45) is 0 Å². The smallest absolute Gasteiger partial charge is 0.242 e. The monoisotopic (exact) mass is 235 g/mol. The number of nitrogens with two attached hydrogens (primary N) is 1. The number of anilines is 1. The van der Waals surface area contributed by atoms with Gasteiger partial charge in [0.15, 0.2) is 0 Å². The molecule has 7 nitrogen and oxygen atoms in total. The molecule has 2 aromatic rings. The molecule has 3 N–H and O–H groups in total. The molecule has 0 aliphatic carbocycles. The average Bonchev–Trinajstić information content (AvgIpc) is 2.85. The number of rotatable bonds is 4.